The van der Waals surface area contributed by atoms with E-state index in [2.05, 4.69) is 32.0 Å². The number of aromatic nitrogens is 4. The van der Waals surface area contributed by atoms with Gasteiger partial charge in [-0.15, -0.1) is 21.5 Å². The van der Waals surface area contributed by atoms with Crippen LogP contribution in [0.3, 0.4) is 0 Å². The average Bonchev–Trinajstić information content (AvgIpc) is 3.04. The van der Waals surface area contributed by atoms with E-state index >= 15 is 0 Å². The van der Waals surface area contributed by atoms with Gasteiger partial charge < -0.3 is 9.64 Å². The lowest BCUT2D eigenvalue weighted by Crippen LogP contribution is -2.34. The molecule has 7 heteroatoms. The Hall–Kier alpha value is -1.76. The molecule has 1 aliphatic rings. The van der Waals surface area contributed by atoms with Gasteiger partial charge in [-0.1, -0.05) is 6.92 Å². The Kier molecular flexibility index (Phi) is 4.28. The van der Waals surface area contributed by atoms with E-state index in [1.165, 1.54) is 5.01 Å². The average molecular weight is 305 g/mol. The third-order valence-corrected chi connectivity index (χ3v) is 4.97. The van der Waals surface area contributed by atoms with E-state index in [-0.39, 0.29) is 0 Å². The maximum atomic E-state index is 5.16. The summed E-state index contributed by atoms with van der Waals surface area (Å²) < 4.78 is 5.16. The zero-order valence-corrected chi connectivity index (χ0v) is 13.1. The lowest BCUT2D eigenvalue weighted by molar-refractivity contribution is 0.395. The van der Waals surface area contributed by atoms with Gasteiger partial charge >= 0.3 is 0 Å². The predicted molar refractivity (Wildman–Crippen MR) is 82.1 cm³/mol. The number of aryl methyl sites for hydroxylation is 1. The van der Waals surface area contributed by atoms with Gasteiger partial charge in [-0.2, -0.15) is 4.98 Å². The fourth-order valence-electron chi connectivity index (χ4n) is 2.50. The van der Waals surface area contributed by atoms with Crippen LogP contribution >= 0.6 is 11.3 Å². The van der Waals surface area contributed by atoms with Crippen molar-refractivity contribution < 1.29 is 4.74 Å². The first kappa shape index (κ1) is 14.2. The minimum absolute atomic E-state index is 0.518. The largest absolute Gasteiger partial charge is 0.481 e. The number of rotatable bonds is 4. The highest BCUT2D eigenvalue weighted by Gasteiger charge is 2.24. The van der Waals surface area contributed by atoms with Crippen LogP contribution in [-0.2, 0) is 6.42 Å². The molecule has 1 aliphatic heterocycles. The molecule has 112 valence electrons. The lowest BCUT2D eigenvalue weighted by atomic mass is 9.98. The Labute approximate surface area is 128 Å². The van der Waals surface area contributed by atoms with Crippen LogP contribution in [0, 0.1) is 0 Å². The van der Waals surface area contributed by atoms with Crippen LogP contribution in [0.2, 0.25) is 0 Å². The van der Waals surface area contributed by atoms with Gasteiger partial charge in [0.25, 0.3) is 0 Å². The number of ether oxygens (including phenoxy) is 1. The molecule has 0 amide bonds. The summed E-state index contributed by atoms with van der Waals surface area (Å²) in [7, 11) is 1.62. The molecule has 2 aromatic heterocycles. The first-order valence-electron chi connectivity index (χ1n) is 7.24. The van der Waals surface area contributed by atoms with Crippen molar-refractivity contribution in [3.05, 3.63) is 22.3 Å². The molecular formula is C14H19N5OS. The third kappa shape index (κ3) is 3.12. The second-order valence-corrected chi connectivity index (χ2v) is 6.14. The molecular weight excluding hydrogens is 286 g/mol. The highest BCUT2D eigenvalue weighted by atomic mass is 32.1. The van der Waals surface area contributed by atoms with E-state index in [0.717, 1.165) is 43.3 Å². The van der Waals surface area contributed by atoms with Crippen LogP contribution < -0.4 is 9.64 Å². The van der Waals surface area contributed by atoms with Crippen molar-refractivity contribution in [2.75, 3.05) is 25.1 Å². The molecule has 6 nitrogen and oxygen atoms in total. The van der Waals surface area contributed by atoms with Gasteiger partial charge in [0.1, 0.15) is 10.0 Å². The zero-order valence-electron chi connectivity index (χ0n) is 12.3. The van der Waals surface area contributed by atoms with Crippen molar-refractivity contribution in [2.24, 2.45) is 0 Å². The van der Waals surface area contributed by atoms with Gasteiger partial charge in [0, 0.05) is 31.3 Å². The fraction of sp³-hybridized carbons (Fsp3) is 0.571. The quantitative estimate of drug-likeness (QED) is 0.863. The molecule has 21 heavy (non-hydrogen) atoms. The summed E-state index contributed by atoms with van der Waals surface area (Å²) >= 11 is 1.75. The number of nitrogens with zero attached hydrogens (tertiary/aromatic N) is 5. The molecule has 0 atom stereocenters. The molecule has 1 saturated heterocycles. The van der Waals surface area contributed by atoms with Crippen LogP contribution in [-0.4, -0.2) is 40.4 Å². The van der Waals surface area contributed by atoms with E-state index < -0.39 is 0 Å². The molecule has 1 fully saturated rings. The number of piperidine rings is 1. The highest BCUT2D eigenvalue weighted by molar-refractivity contribution is 7.11. The van der Waals surface area contributed by atoms with Crippen molar-refractivity contribution >= 4 is 17.3 Å². The number of methoxy groups -OCH3 is 1. The molecule has 0 N–H and O–H groups in total. The Bertz CT molecular complexity index is 595. The second-order valence-electron chi connectivity index (χ2n) is 5.05. The van der Waals surface area contributed by atoms with Crippen molar-refractivity contribution in [2.45, 2.75) is 32.1 Å². The van der Waals surface area contributed by atoms with E-state index in [1.54, 1.807) is 30.7 Å². The summed E-state index contributed by atoms with van der Waals surface area (Å²) in [6.07, 6.45) is 4.84. The molecule has 0 spiro atoms. The van der Waals surface area contributed by atoms with Gasteiger partial charge in [0.15, 0.2) is 0 Å². The first-order chi connectivity index (χ1) is 10.3. The van der Waals surface area contributed by atoms with Crippen molar-refractivity contribution in [3.8, 4) is 5.88 Å². The molecule has 0 saturated carbocycles. The second kappa shape index (κ2) is 6.34. The summed E-state index contributed by atoms with van der Waals surface area (Å²) in [5, 5.41) is 10.9. The standard InChI is InChI=1S/C14H19N5OS/c1-3-12-17-18-13(21-12)10-5-8-19(9-6-10)14-15-7-4-11(16-14)20-2/h4,7,10H,3,5-6,8-9H2,1-2H3. The topological polar surface area (TPSA) is 64.0 Å². The summed E-state index contributed by atoms with van der Waals surface area (Å²) in [5.74, 6) is 1.88. The minimum atomic E-state index is 0.518. The molecule has 2 aromatic rings. The maximum absolute atomic E-state index is 5.16. The van der Waals surface area contributed by atoms with Crippen LogP contribution in [0.4, 0.5) is 5.95 Å². The Balaban J connectivity index is 1.64. The van der Waals surface area contributed by atoms with E-state index in [0.29, 0.717) is 11.8 Å². The van der Waals surface area contributed by atoms with Gasteiger partial charge in [-0.3, -0.25) is 0 Å². The van der Waals surface area contributed by atoms with Crippen LogP contribution in [0.25, 0.3) is 0 Å². The van der Waals surface area contributed by atoms with Gasteiger partial charge in [0.2, 0.25) is 11.8 Å². The summed E-state index contributed by atoms with van der Waals surface area (Å²) in [4.78, 5) is 10.9. The molecule has 0 radical (unpaired) electrons. The normalized spacial score (nSPS) is 16.2. The van der Waals surface area contributed by atoms with Gasteiger partial charge in [0.05, 0.1) is 7.11 Å². The van der Waals surface area contributed by atoms with Crippen molar-refractivity contribution in [1.29, 1.82) is 0 Å². The Morgan fingerprint density at radius 1 is 1.33 bits per heavy atom. The molecule has 0 unspecified atom stereocenters. The molecule has 3 rings (SSSR count). The van der Waals surface area contributed by atoms with Gasteiger partial charge in [-0.05, 0) is 19.3 Å². The zero-order chi connectivity index (χ0) is 14.7. The van der Waals surface area contributed by atoms with Crippen LogP contribution in [0.1, 0.15) is 35.7 Å². The smallest absolute Gasteiger partial charge is 0.228 e. The summed E-state index contributed by atoms with van der Waals surface area (Å²) in [6.45, 7) is 4.00. The van der Waals surface area contributed by atoms with Crippen molar-refractivity contribution in [3.63, 3.8) is 0 Å². The van der Waals surface area contributed by atoms with Gasteiger partial charge in [-0.25, -0.2) is 4.98 Å². The van der Waals surface area contributed by atoms with Crippen LogP contribution in [0.15, 0.2) is 12.3 Å². The van der Waals surface area contributed by atoms with Crippen LogP contribution in [0.5, 0.6) is 5.88 Å². The monoisotopic (exact) mass is 305 g/mol. The SMILES string of the molecule is CCc1nnc(C2CCN(c3nccc(OC)n3)CC2)s1. The molecule has 0 aliphatic carbocycles. The summed E-state index contributed by atoms with van der Waals surface area (Å²) in [5.41, 5.74) is 0. The van der Waals surface area contributed by atoms with Crippen molar-refractivity contribution in [1.82, 2.24) is 20.2 Å². The molecule has 0 bridgehead atoms. The molecule has 0 aromatic carbocycles. The van der Waals surface area contributed by atoms with E-state index in [4.69, 9.17) is 4.74 Å². The fourth-order valence-corrected chi connectivity index (χ4v) is 3.45. The maximum Gasteiger partial charge on any atom is 0.228 e. The number of anilines is 1. The number of hydrogen-bond donors (Lipinski definition) is 0. The van der Waals surface area contributed by atoms with E-state index in [1.807, 2.05) is 0 Å². The molecule has 3 heterocycles. The Morgan fingerprint density at radius 2 is 2.14 bits per heavy atom. The third-order valence-electron chi connectivity index (χ3n) is 3.74. The van der Waals surface area contributed by atoms with E-state index in [9.17, 15) is 0 Å². The lowest BCUT2D eigenvalue weighted by Gasteiger charge is -2.30. The number of hydrogen-bond acceptors (Lipinski definition) is 7. The Morgan fingerprint density at radius 3 is 2.81 bits per heavy atom. The summed E-state index contributed by atoms with van der Waals surface area (Å²) in [6, 6.07) is 1.77. The minimum Gasteiger partial charge on any atom is -0.481 e. The highest BCUT2D eigenvalue weighted by Crippen LogP contribution is 2.31. The predicted octanol–water partition coefficient (Wildman–Crippen LogP) is 2.28. The first-order valence-corrected chi connectivity index (χ1v) is 8.06.